The fourth-order valence-electron chi connectivity index (χ4n) is 3.16. The summed E-state index contributed by atoms with van der Waals surface area (Å²) in [5.41, 5.74) is 3.16. The number of hydrogen-bond acceptors (Lipinski definition) is 6. The number of aromatic nitrogens is 3. The minimum absolute atomic E-state index is 0.0528. The summed E-state index contributed by atoms with van der Waals surface area (Å²) in [6.07, 6.45) is 1.63. The minimum Gasteiger partial charge on any atom is -0.469 e. The summed E-state index contributed by atoms with van der Waals surface area (Å²) in [4.78, 5) is 13.9. The van der Waals surface area contributed by atoms with Crippen LogP contribution in [0.15, 0.2) is 63.7 Å². The lowest BCUT2D eigenvalue weighted by molar-refractivity contribution is -0.119. The van der Waals surface area contributed by atoms with Crippen LogP contribution in [0.5, 0.6) is 0 Å². The summed E-state index contributed by atoms with van der Waals surface area (Å²) in [6, 6.07) is 14.0. The van der Waals surface area contributed by atoms with E-state index < -0.39 is 0 Å². The molecule has 1 atom stereocenters. The van der Waals surface area contributed by atoms with Gasteiger partial charge in [-0.2, -0.15) is 0 Å². The van der Waals surface area contributed by atoms with Crippen LogP contribution in [-0.2, 0) is 11.8 Å². The first kappa shape index (κ1) is 20.4. The van der Waals surface area contributed by atoms with Gasteiger partial charge in [-0.25, -0.2) is 0 Å². The number of nitrogens with one attached hydrogen (secondary N) is 1. The number of benzene rings is 1. The Hall–Kier alpha value is -2.84. The van der Waals surface area contributed by atoms with Gasteiger partial charge in [0.1, 0.15) is 5.76 Å². The predicted octanol–water partition coefficient (Wildman–Crippen LogP) is 4.75. The molecule has 0 saturated carbocycles. The average Bonchev–Trinajstić information content (AvgIpc) is 3.47. The first-order chi connectivity index (χ1) is 14.5. The maximum Gasteiger partial charge on any atom is 0.231 e. The molecule has 1 amide bonds. The first-order valence-electron chi connectivity index (χ1n) is 9.49. The van der Waals surface area contributed by atoms with Crippen molar-refractivity contribution in [3.05, 3.63) is 75.9 Å². The first-order valence-corrected chi connectivity index (χ1v) is 11.4. The summed E-state index contributed by atoms with van der Waals surface area (Å²) in [7, 11) is 1.89. The van der Waals surface area contributed by atoms with E-state index >= 15 is 0 Å². The highest BCUT2D eigenvalue weighted by molar-refractivity contribution is 7.99. The van der Waals surface area contributed by atoms with Crippen LogP contribution in [0.25, 0.3) is 11.4 Å². The molecule has 0 aliphatic rings. The van der Waals surface area contributed by atoms with E-state index in [-0.39, 0.29) is 17.7 Å². The van der Waals surface area contributed by atoms with Gasteiger partial charge in [-0.05, 0) is 36.9 Å². The molecule has 0 fully saturated rings. The van der Waals surface area contributed by atoms with Crippen molar-refractivity contribution >= 4 is 29.0 Å². The van der Waals surface area contributed by atoms with E-state index in [0.717, 1.165) is 27.6 Å². The molecule has 8 heteroatoms. The smallest absolute Gasteiger partial charge is 0.231 e. The van der Waals surface area contributed by atoms with Gasteiger partial charge < -0.3 is 14.3 Å². The number of aryl methyl sites for hydroxylation is 2. The second-order valence-electron chi connectivity index (χ2n) is 6.97. The summed E-state index contributed by atoms with van der Waals surface area (Å²) < 4.78 is 7.24. The molecule has 0 saturated heterocycles. The van der Waals surface area contributed by atoms with Crippen LogP contribution in [-0.4, -0.2) is 26.4 Å². The topological polar surface area (TPSA) is 73.0 Å². The zero-order valence-electron chi connectivity index (χ0n) is 17.0. The van der Waals surface area contributed by atoms with Gasteiger partial charge in [0.2, 0.25) is 5.91 Å². The maximum atomic E-state index is 12.8. The Balaban J connectivity index is 1.45. The molecule has 1 N–H and O–H groups in total. The Morgan fingerprint density at radius 3 is 2.67 bits per heavy atom. The lowest BCUT2D eigenvalue weighted by Gasteiger charge is -2.18. The van der Waals surface area contributed by atoms with Crippen molar-refractivity contribution < 1.29 is 9.21 Å². The number of thiophene rings is 1. The quantitative estimate of drug-likeness (QED) is 0.422. The van der Waals surface area contributed by atoms with E-state index in [0.29, 0.717) is 5.16 Å². The van der Waals surface area contributed by atoms with E-state index in [1.165, 1.54) is 17.3 Å². The number of thioether (sulfide) groups is 1. The third-order valence-corrected chi connectivity index (χ3v) is 6.77. The highest BCUT2D eigenvalue weighted by Crippen LogP contribution is 2.28. The van der Waals surface area contributed by atoms with E-state index in [9.17, 15) is 4.79 Å². The van der Waals surface area contributed by atoms with Gasteiger partial charge in [0, 0.05) is 11.9 Å². The summed E-state index contributed by atoms with van der Waals surface area (Å²) in [5, 5.41) is 14.4. The number of nitrogens with zero attached hydrogens (tertiary/aromatic N) is 3. The average molecular weight is 439 g/mol. The van der Waals surface area contributed by atoms with Gasteiger partial charge >= 0.3 is 0 Å². The molecule has 1 unspecified atom stereocenters. The zero-order chi connectivity index (χ0) is 21.1. The van der Waals surface area contributed by atoms with E-state index in [4.69, 9.17) is 4.42 Å². The summed E-state index contributed by atoms with van der Waals surface area (Å²) in [5.74, 6) is 1.71. The van der Waals surface area contributed by atoms with Crippen molar-refractivity contribution in [3.63, 3.8) is 0 Å². The fourth-order valence-corrected chi connectivity index (χ4v) is 4.68. The Bertz CT molecular complexity index is 1130. The summed E-state index contributed by atoms with van der Waals surface area (Å²) in [6.45, 7) is 3.94. The van der Waals surface area contributed by atoms with Crippen molar-refractivity contribution in [1.82, 2.24) is 20.1 Å². The lowest BCUT2D eigenvalue weighted by atomic mass is 10.0. The van der Waals surface area contributed by atoms with Crippen LogP contribution in [0.2, 0.25) is 0 Å². The molecule has 4 aromatic rings. The van der Waals surface area contributed by atoms with Crippen LogP contribution in [0.4, 0.5) is 0 Å². The molecular weight excluding hydrogens is 416 g/mol. The molecule has 1 aromatic carbocycles. The van der Waals surface area contributed by atoms with E-state index in [2.05, 4.69) is 46.7 Å². The third-order valence-electron chi connectivity index (χ3n) is 4.81. The van der Waals surface area contributed by atoms with E-state index in [1.54, 1.807) is 17.6 Å². The molecule has 0 aliphatic carbocycles. The number of carbonyl (C=O) groups excluding carboxylic acids is 1. The minimum atomic E-state index is -0.165. The van der Waals surface area contributed by atoms with Gasteiger partial charge in [0.15, 0.2) is 11.0 Å². The van der Waals surface area contributed by atoms with Crippen LogP contribution in [0, 0.1) is 13.8 Å². The van der Waals surface area contributed by atoms with Crippen LogP contribution >= 0.6 is 23.1 Å². The molecule has 0 spiro atoms. The molecule has 0 bridgehead atoms. The second-order valence-corrected chi connectivity index (χ2v) is 8.89. The largest absolute Gasteiger partial charge is 0.469 e. The highest BCUT2D eigenvalue weighted by atomic mass is 32.2. The third kappa shape index (κ3) is 4.34. The fraction of sp³-hybridized carbons (Fsp3) is 0.227. The molecule has 154 valence electrons. The van der Waals surface area contributed by atoms with Crippen LogP contribution < -0.4 is 5.32 Å². The SMILES string of the molecule is Cc1ccc(C(NC(=O)CSc2nnc(-c3ccoc3C)n2C)c2cccs2)cc1. The van der Waals surface area contributed by atoms with Crippen molar-refractivity contribution in [2.75, 3.05) is 5.75 Å². The molecule has 30 heavy (non-hydrogen) atoms. The van der Waals surface area contributed by atoms with E-state index in [1.807, 2.05) is 42.1 Å². The molecule has 3 aromatic heterocycles. The maximum absolute atomic E-state index is 12.8. The van der Waals surface area contributed by atoms with Gasteiger partial charge in [0.05, 0.1) is 23.6 Å². The monoisotopic (exact) mass is 438 g/mol. The number of rotatable bonds is 7. The highest BCUT2D eigenvalue weighted by Gasteiger charge is 2.20. The zero-order valence-corrected chi connectivity index (χ0v) is 18.6. The van der Waals surface area contributed by atoms with Crippen molar-refractivity contribution in [2.24, 2.45) is 7.05 Å². The Morgan fingerprint density at radius 1 is 1.20 bits per heavy atom. The standard InChI is InChI=1S/C22H22N4O2S2/c1-14-6-8-16(9-7-14)20(18-5-4-12-29-18)23-19(27)13-30-22-25-24-21(26(22)3)17-10-11-28-15(17)2/h4-12,20H,13H2,1-3H3,(H,23,27). The molecule has 3 heterocycles. The van der Waals surface area contributed by atoms with Gasteiger partial charge in [-0.3, -0.25) is 4.79 Å². The van der Waals surface area contributed by atoms with Gasteiger partial charge in [-0.15, -0.1) is 21.5 Å². The Kier molecular flexibility index (Phi) is 6.06. The number of carbonyl (C=O) groups is 1. The van der Waals surface area contributed by atoms with Crippen molar-refractivity contribution in [1.29, 1.82) is 0 Å². The number of amides is 1. The number of hydrogen-bond donors (Lipinski definition) is 1. The van der Waals surface area contributed by atoms with Crippen molar-refractivity contribution in [3.8, 4) is 11.4 Å². The van der Waals surface area contributed by atoms with Crippen LogP contribution in [0.1, 0.15) is 27.8 Å². The van der Waals surface area contributed by atoms with Crippen molar-refractivity contribution in [2.45, 2.75) is 25.0 Å². The Labute approximate surface area is 183 Å². The number of furan rings is 1. The van der Waals surface area contributed by atoms with Gasteiger partial charge in [-0.1, -0.05) is 47.7 Å². The second kappa shape index (κ2) is 8.89. The normalized spacial score (nSPS) is 12.1. The molecule has 0 radical (unpaired) electrons. The van der Waals surface area contributed by atoms with Crippen LogP contribution in [0.3, 0.4) is 0 Å². The Morgan fingerprint density at radius 2 is 2.00 bits per heavy atom. The lowest BCUT2D eigenvalue weighted by Crippen LogP contribution is -2.30. The molecular formula is C22H22N4O2S2. The molecule has 4 rings (SSSR count). The molecule has 0 aliphatic heterocycles. The predicted molar refractivity (Wildman–Crippen MR) is 120 cm³/mol. The summed E-state index contributed by atoms with van der Waals surface area (Å²) >= 11 is 3.00. The molecule has 6 nitrogen and oxygen atoms in total. The van der Waals surface area contributed by atoms with Gasteiger partial charge in [0.25, 0.3) is 0 Å².